The third kappa shape index (κ3) is 3.74. The Morgan fingerprint density at radius 1 is 1.12 bits per heavy atom. The van der Waals surface area contributed by atoms with Crippen LogP contribution in [0.1, 0.15) is 28.8 Å². The minimum atomic E-state index is -0.253. The molecule has 0 radical (unpaired) electrons. The summed E-state index contributed by atoms with van der Waals surface area (Å²) in [5.74, 6) is 1.20. The second-order valence-corrected chi connectivity index (χ2v) is 5.66. The molecule has 5 heteroatoms. The molecule has 2 aromatic rings. The number of amides is 1. The summed E-state index contributed by atoms with van der Waals surface area (Å²) in [6.45, 7) is -0.0933. The normalized spacial score (nSPS) is 13.1. The van der Waals surface area contributed by atoms with E-state index in [0.29, 0.717) is 23.6 Å². The molecule has 0 bridgehead atoms. The van der Waals surface area contributed by atoms with Gasteiger partial charge < -0.3 is 14.8 Å². The van der Waals surface area contributed by atoms with E-state index in [1.807, 2.05) is 6.07 Å². The fourth-order valence-electron chi connectivity index (χ4n) is 2.76. The third-order valence-corrected chi connectivity index (χ3v) is 3.95. The number of anilines is 1. The molecule has 0 aromatic heterocycles. The van der Waals surface area contributed by atoms with E-state index < -0.39 is 0 Å². The van der Waals surface area contributed by atoms with Crippen molar-refractivity contribution in [3.05, 3.63) is 53.6 Å². The van der Waals surface area contributed by atoms with Crippen molar-refractivity contribution in [1.29, 1.82) is 0 Å². The molecule has 1 amide bonds. The van der Waals surface area contributed by atoms with Gasteiger partial charge >= 0.3 is 0 Å². The van der Waals surface area contributed by atoms with Gasteiger partial charge in [0.2, 0.25) is 0 Å². The van der Waals surface area contributed by atoms with E-state index in [1.54, 1.807) is 43.5 Å². The number of hydrogen-bond donors (Lipinski definition) is 1. The van der Waals surface area contributed by atoms with E-state index >= 15 is 0 Å². The standard InChI is InChI=1S/C19H19NO4/c1-23-15-6-3-5-14(11-15)20-19(22)12-24-16-8-9-17-13(10-16)4-2-7-18(17)21/h3,5-6,8-11H,2,4,7,12H2,1H3,(H,20,22). The first-order valence-electron chi connectivity index (χ1n) is 7.88. The Labute approximate surface area is 140 Å². The third-order valence-electron chi connectivity index (χ3n) is 3.95. The maximum atomic E-state index is 12.0. The fraction of sp³-hybridized carbons (Fsp3) is 0.263. The van der Waals surface area contributed by atoms with Crippen LogP contribution in [0.3, 0.4) is 0 Å². The lowest BCUT2D eigenvalue weighted by molar-refractivity contribution is -0.118. The highest BCUT2D eigenvalue weighted by molar-refractivity contribution is 5.98. The molecule has 0 unspecified atom stereocenters. The monoisotopic (exact) mass is 325 g/mol. The highest BCUT2D eigenvalue weighted by atomic mass is 16.5. The van der Waals surface area contributed by atoms with Crippen LogP contribution in [0, 0.1) is 0 Å². The van der Waals surface area contributed by atoms with Crippen LogP contribution in [0.4, 0.5) is 5.69 Å². The van der Waals surface area contributed by atoms with Gasteiger partial charge in [0.25, 0.3) is 5.91 Å². The Hall–Kier alpha value is -2.82. The van der Waals surface area contributed by atoms with Gasteiger partial charge in [-0.05, 0) is 48.7 Å². The summed E-state index contributed by atoms with van der Waals surface area (Å²) >= 11 is 0. The average molecular weight is 325 g/mol. The summed E-state index contributed by atoms with van der Waals surface area (Å²) in [6.07, 6.45) is 2.34. The van der Waals surface area contributed by atoms with E-state index in [0.717, 1.165) is 24.0 Å². The summed E-state index contributed by atoms with van der Waals surface area (Å²) < 4.78 is 10.7. The first kappa shape index (κ1) is 16.1. The molecular formula is C19H19NO4. The number of hydrogen-bond acceptors (Lipinski definition) is 4. The quantitative estimate of drug-likeness (QED) is 0.916. The molecule has 124 valence electrons. The number of Topliss-reactive ketones (excluding diaryl/α,β-unsaturated/α-hetero) is 1. The summed E-state index contributed by atoms with van der Waals surface area (Å²) in [5.41, 5.74) is 2.42. The Morgan fingerprint density at radius 2 is 2.00 bits per heavy atom. The van der Waals surface area contributed by atoms with Crippen molar-refractivity contribution in [2.75, 3.05) is 19.0 Å². The number of rotatable bonds is 5. The molecular weight excluding hydrogens is 306 g/mol. The van der Waals surface area contributed by atoms with Gasteiger partial charge in [-0.1, -0.05) is 6.07 Å². The lowest BCUT2D eigenvalue weighted by Gasteiger charge is -2.16. The predicted molar refractivity (Wildman–Crippen MR) is 90.8 cm³/mol. The number of fused-ring (bicyclic) bond motifs is 1. The van der Waals surface area contributed by atoms with E-state index in [1.165, 1.54) is 0 Å². The fourth-order valence-corrected chi connectivity index (χ4v) is 2.76. The minimum absolute atomic E-state index is 0.0933. The average Bonchev–Trinajstić information content (AvgIpc) is 2.60. The first-order chi connectivity index (χ1) is 11.7. The number of methoxy groups -OCH3 is 1. The summed E-state index contributed by atoms with van der Waals surface area (Å²) in [4.78, 5) is 23.8. The van der Waals surface area contributed by atoms with Crippen LogP contribution in [0.15, 0.2) is 42.5 Å². The topological polar surface area (TPSA) is 64.6 Å². The van der Waals surface area contributed by atoms with Crippen molar-refractivity contribution in [2.45, 2.75) is 19.3 Å². The maximum absolute atomic E-state index is 12.0. The highest BCUT2D eigenvalue weighted by Crippen LogP contribution is 2.25. The van der Waals surface area contributed by atoms with Gasteiger partial charge in [0.05, 0.1) is 7.11 Å². The van der Waals surface area contributed by atoms with E-state index in [9.17, 15) is 9.59 Å². The van der Waals surface area contributed by atoms with Crippen LogP contribution in [-0.2, 0) is 11.2 Å². The van der Waals surface area contributed by atoms with Gasteiger partial charge in [-0.25, -0.2) is 0 Å². The largest absolute Gasteiger partial charge is 0.497 e. The minimum Gasteiger partial charge on any atom is -0.497 e. The molecule has 0 heterocycles. The highest BCUT2D eigenvalue weighted by Gasteiger charge is 2.17. The number of ether oxygens (including phenoxy) is 2. The molecule has 0 spiro atoms. The Morgan fingerprint density at radius 3 is 2.83 bits per heavy atom. The van der Waals surface area contributed by atoms with Crippen LogP contribution in [0.2, 0.25) is 0 Å². The molecule has 3 rings (SSSR count). The smallest absolute Gasteiger partial charge is 0.262 e. The van der Waals surface area contributed by atoms with Gasteiger partial charge in [0, 0.05) is 23.7 Å². The molecule has 5 nitrogen and oxygen atoms in total. The van der Waals surface area contributed by atoms with Crippen molar-refractivity contribution in [3.8, 4) is 11.5 Å². The summed E-state index contributed by atoms with van der Waals surface area (Å²) in [7, 11) is 1.57. The van der Waals surface area contributed by atoms with Gasteiger partial charge in [-0.2, -0.15) is 0 Å². The summed E-state index contributed by atoms with van der Waals surface area (Å²) in [6, 6.07) is 12.5. The zero-order chi connectivity index (χ0) is 16.9. The van der Waals surface area contributed by atoms with Gasteiger partial charge in [-0.15, -0.1) is 0 Å². The maximum Gasteiger partial charge on any atom is 0.262 e. The molecule has 0 saturated heterocycles. The molecule has 2 aromatic carbocycles. The number of carbonyl (C=O) groups excluding carboxylic acids is 2. The van der Waals surface area contributed by atoms with Crippen LogP contribution in [0.25, 0.3) is 0 Å². The Balaban J connectivity index is 1.59. The number of aryl methyl sites for hydroxylation is 1. The van der Waals surface area contributed by atoms with Crippen molar-refractivity contribution in [3.63, 3.8) is 0 Å². The number of nitrogens with one attached hydrogen (secondary N) is 1. The molecule has 0 aliphatic heterocycles. The number of carbonyl (C=O) groups is 2. The predicted octanol–water partition coefficient (Wildman–Crippen LogP) is 3.23. The van der Waals surface area contributed by atoms with Crippen LogP contribution >= 0.6 is 0 Å². The second-order valence-electron chi connectivity index (χ2n) is 5.66. The zero-order valence-corrected chi connectivity index (χ0v) is 13.5. The van der Waals surface area contributed by atoms with Gasteiger partial charge in [0.1, 0.15) is 11.5 Å². The van der Waals surface area contributed by atoms with Gasteiger partial charge in [0.15, 0.2) is 12.4 Å². The van der Waals surface area contributed by atoms with Crippen LogP contribution < -0.4 is 14.8 Å². The van der Waals surface area contributed by atoms with E-state index in [2.05, 4.69) is 5.32 Å². The first-order valence-corrected chi connectivity index (χ1v) is 7.88. The van der Waals surface area contributed by atoms with Crippen molar-refractivity contribution in [1.82, 2.24) is 0 Å². The molecule has 0 saturated carbocycles. The van der Waals surface area contributed by atoms with E-state index in [-0.39, 0.29) is 18.3 Å². The number of benzene rings is 2. The lowest BCUT2D eigenvalue weighted by Crippen LogP contribution is -2.20. The Kier molecular flexibility index (Phi) is 4.79. The van der Waals surface area contributed by atoms with Gasteiger partial charge in [-0.3, -0.25) is 9.59 Å². The number of ketones is 1. The molecule has 1 aliphatic carbocycles. The lowest BCUT2D eigenvalue weighted by atomic mass is 9.91. The van der Waals surface area contributed by atoms with Crippen molar-refractivity contribution in [2.24, 2.45) is 0 Å². The second kappa shape index (κ2) is 7.17. The van der Waals surface area contributed by atoms with Crippen LogP contribution in [0.5, 0.6) is 11.5 Å². The molecule has 24 heavy (non-hydrogen) atoms. The zero-order valence-electron chi connectivity index (χ0n) is 13.5. The van der Waals surface area contributed by atoms with Crippen molar-refractivity contribution < 1.29 is 19.1 Å². The summed E-state index contributed by atoms with van der Waals surface area (Å²) in [5, 5.41) is 2.76. The Bertz CT molecular complexity index is 770. The molecule has 0 atom stereocenters. The molecule has 0 fully saturated rings. The van der Waals surface area contributed by atoms with Crippen molar-refractivity contribution >= 4 is 17.4 Å². The molecule has 1 aliphatic rings. The van der Waals surface area contributed by atoms with E-state index in [4.69, 9.17) is 9.47 Å². The molecule has 1 N–H and O–H groups in total. The van der Waals surface area contributed by atoms with Crippen LogP contribution in [-0.4, -0.2) is 25.4 Å². The SMILES string of the molecule is COc1cccc(NC(=O)COc2ccc3c(c2)CCCC3=O)c1.